The maximum Gasteiger partial charge on any atom is 0.175 e. The number of hydrogen-bond acceptors (Lipinski definition) is 3. The predicted octanol–water partition coefficient (Wildman–Crippen LogP) is 3.63. The van der Waals surface area contributed by atoms with E-state index < -0.39 is 0 Å². The first-order valence-corrected chi connectivity index (χ1v) is 6.62. The van der Waals surface area contributed by atoms with Crippen molar-refractivity contribution in [1.82, 2.24) is 0 Å². The van der Waals surface area contributed by atoms with Crippen LogP contribution in [0.3, 0.4) is 0 Å². The highest BCUT2D eigenvalue weighted by molar-refractivity contribution is 6.12. The lowest BCUT2D eigenvalue weighted by Crippen LogP contribution is -2.25. The number of carbonyl (C=O) groups is 1. The molecule has 3 rings (SSSR count). The number of oxime groups is 1. The quantitative estimate of drug-likeness (QED) is 0.795. The minimum Gasteiger partial charge on any atom is -0.386 e. The summed E-state index contributed by atoms with van der Waals surface area (Å²) in [6.45, 7) is 1.84. The van der Waals surface area contributed by atoms with Crippen molar-refractivity contribution in [3.63, 3.8) is 0 Å². The average molecular weight is 265 g/mol. The van der Waals surface area contributed by atoms with Gasteiger partial charge in [0.15, 0.2) is 11.9 Å². The van der Waals surface area contributed by atoms with Crippen LogP contribution in [0.5, 0.6) is 0 Å². The second kappa shape index (κ2) is 5.29. The molecule has 0 saturated carbocycles. The molecule has 0 fully saturated rings. The predicted molar refractivity (Wildman–Crippen MR) is 77.6 cm³/mol. The van der Waals surface area contributed by atoms with Gasteiger partial charge < -0.3 is 4.84 Å². The van der Waals surface area contributed by atoms with Gasteiger partial charge in [-0.2, -0.15) is 0 Å². The molecular weight excluding hydrogens is 250 g/mol. The number of rotatable bonds is 3. The summed E-state index contributed by atoms with van der Waals surface area (Å²) in [5, 5.41) is 4.02. The monoisotopic (exact) mass is 265 g/mol. The standard InChI is InChI=1S/C17H15NO2/c1-12-15(16(19)13-8-4-2-5-9-13)17(20-18-12)14-10-6-3-7-11-14/h2-11,15,17H,1H3/t15-,17?/m1/s1. The van der Waals surface area contributed by atoms with Gasteiger partial charge in [-0.05, 0) is 12.5 Å². The zero-order valence-electron chi connectivity index (χ0n) is 11.2. The molecule has 1 unspecified atom stereocenters. The van der Waals surface area contributed by atoms with E-state index in [1.807, 2.05) is 67.6 Å². The molecule has 100 valence electrons. The van der Waals surface area contributed by atoms with Crippen LogP contribution in [0.25, 0.3) is 0 Å². The van der Waals surface area contributed by atoms with E-state index >= 15 is 0 Å². The fourth-order valence-electron chi connectivity index (χ4n) is 2.48. The molecule has 0 bridgehead atoms. The van der Waals surface area contributed by atoms with Crippen LogP contribution in [0, 0.1) is 5.92 Å². The third-order valence-electron chi connectivity index (χ3n) is 3.53. The number of nitrogens with zero attached hydrogens (tertiary/aromatic N) is 1. The van der Waals surface area contributed by atoms with Crippen LogP contribution in [0.4, 0.5) is 0 Å². The highest BCUT2D eigenvalue weighted by Crippen LogP contribution is 2.34. The zero-order valence-corrected chi connectivity index (χ0v) is 11.2. The van der Waals surface area contributed by atoms with Crippen molar-refractivity contribution in [3.05, 3.63) is 71.8 Å². The minimum atomic E-state index is -0.347. The van der Waals surface area contributed by atoms with Crippen LogP contribution < -0.4 is 0 Å². The normalized spacial score (nSPS) is 21.1. The maximum atomic E-state index is 12.7. The van der Waals surface area contributed by atoms with Crippen LogP contribution >= 0.6 is 0 Å². The Labute approximate surface area is 117 Å². The van der Waals surface area contributed by atoms with Crippen molar-refractivity contribution in [1.29, 1.82) is 0 Å². The first-order valence-electron chi connectivity index (χ1n) is 6.62. The van der Waals surface area contributed by atoms with Crippen molar-refractivity contribution in [2.24, 2.45) is 11.1 Å². The van der Waals surface area contributed by atoms with Crippen molar-refractivity contribution < 1.29 is 9.63 Å². The van der Waals surface area contributed by atoms with Gasteiger partial charge in [0.05, 0.1) is 5.71 Å². The van der Waals surface area contributed by atoms with Crippen LogP contribution in [0.1, 0.15) is 28.9 Å². The Bertz CT molecular complexity index is 635. The summed E-state index contributed by atoms with van der Waals surface area (Å²) >= 11 is 0. The van der Waals surface area contributed by atoms with Crippen molar-refractivity contribution in [2.45, 2.75) is 13.0 Å². The van der Waals surface area contributed by atoms with E-state index in [9.17, 15) is 4.79 Å². The van der Waals surface area contributed by atoms with Crippen LogP contribution in [-0.4, -0.2) is 11.5 Å². The SMILES string of the molecule is CC1=NOC(c2ccccc2)[C@H]1C(=O)c1ccccc1. The lowest BCUT2D eigenvalue weighted by molar-refractivity contribution is 0.0533. The summed E-state index contributed by atoms with van der Waals surface area (Å²) in [7, 11) is 0. The van der Waals surface area contributed by atoms with E-state index in [-0.39, 0.29) is 17.8 Å². The molecule has 1 aliphatic heterocycles. The number of ketones is 1. The largest absolute Gasteiger partial charge is 0.386 e. The van der Waals surface area contributed by atoms with Crippen molar-refractivity contribution in [2.75, 3.05) is 0 Å². The van der Waals surface area contributed by atoms with Gasteiger partial charge in [0, 0.05) is 5.56 Å². The maximum absolute atomic E-state index is 12.7. The fraction of sp³-hybridized carbons (Fsp3) is 0.176. The molecule has 0 spiro atoms. The molecule has 0 radical (unpaired) electrons. The summed E-state index contributed by atoms with van der Waals surface area (Å²) in [4.78, 5) is 18.2. The molecule has 0 N–H and O–H groups in total. The van der Waals surface area contributed by atoms with Gasteiger partial charge in [0.1, 0.15) is 5.92 Å². The number of Topliss-reactive ketones (excluding diaryl/α,β-unsaturated/α-hetero) is 1. The number of carbonyl (C=O) groups excluding carboxylic acids is 1. The van der Waals surface area contributed by atoms with E-state index in [2.05, 4.69) is 5.16 Å². The summed E-state index contributed by atoms with van der Waals surface area (Å²) in [6.07, 6.45) is -0.330. The van der Waals surface area contributed by atoms with E-state index in [1.165, 1.54) is 0 Å². The summed E-state index contributed by atoms with van der Waals surface area (Å²) in [5.74, 6) is -0.294. The Morgan fingerprint density at radius 3 is 2.25 bits per heavy atom. The van der Waals surface area contributed by atoms with Gasteiger partial charge in [0.2, 0.25) is 0 Å². The Balaban J connectivity index is 1.93. The van der Waals surface area contributed by atoms with Gasteiger partial charge in [-0.1, -0.05) is 65.8 Å². The summed E-state index contributed by atoms with van der Waals surface area (Å²) in [5.41, 5.74) is 2.40. The van der Waals surface area contributed by atoms with E-state index in [1.54, 1.807) is 0 Å². The van der Waals surface area contributed by atoms with E-state index in [4.69, 9.17) is 4.84 Å². The van der Waals surface area contributed by atoms with E-state index in [0.29, 0.717) is 5.56 Å². The molecule has 3 nitrogen and oxygen atoms in total. The smallest absolute Gasteiger partial charge is 0.175 e. The second-order valence-electron chi connectivity index (χ2n) is 4.88. The molecule has 2 atom stereocenters. The molecule has 1 aliphatic rings. The van der Waals surface area contributed by atoms with E-state index in [0.717, 1.165) is 11.3 Å². The third kappa shape index (κ3) is 2.23. The molecule has 0 saturated heterocycles. The molecule has 20 heavy (non-hydrogen) atoms. The topological polar surface area (TPSA) is 38.7 Å². The lowest BCUT2D eigenvalue weighted by Gasteiger charge is -2.17. The Kier molecular flexibility index (Phi) is 3.33. The van der Waals surface area contributed by atoms with Gasteiger partial charge in [-0.25, -0.2) is 0 Å². The minimum absolute atomic E-state index is 0.0539. The lowest BCUT2D eigenvalue weighted by atomic mass is 9.86. The highest BCUT2D eigenvalue weighted by Gasteiger charge is 2.38. The van der Waals surface area contributed by atoms with Crippen LogP contribution in [0.2, 0.25) is 0 Å². The number of hydrogen-bond donors (Lipinski definition) is 0. The van der Waals surface area contributed by atoms with Crippen LogP contribution in [-0.2, 0) is 4.84 Å². The zero-order chi connectivity index (χ0) is 13.9. The van der Waals surface area contributed by atoms with Gasteiger partial charge in [0.25, 0.3) is 0 Å². The summed E-state index contributed by atoms with van der Waals surface area (Å²) in [6, 6.07) is 19.0. The van der Waals surface area contributed by atoms with Crippen LogP contribution in [0.15, 0.2) is 65.8 Å². The van der Waals surface area contributed by atoms with Gasteiger partial charge in [-0.3, -0.25) is 4.79 Å². The Morgan fingerprint density at radius 2 is 1.60 bits per heavy atom. The Hall–Kier alpha value is -2.42. The third-order valence-corrected chi connectivity index (χ3v) is 3.53. The average Bonchev–Trinajstić information content (AvgIpc) is 2.90. The molecular formula is C17H15NO2. The molecule has 2 aromatic rings. The molecule has 0 amide bonds. The van der Waals surface area contributed by atoms with Crippen molar-refractivity contribution >= 4 is 11.5 Å². The number of benzene rings is 2. The molecule has 2 aromatic carbocycles. The molecule has 0 aromatic heterocycles. The second-order valence-corrected chi connectivity index (χ2v) is 4.88. The molecule has 1 heterocycles. The van der Waals surface area contributed by atoms with Gasteiger partial charge >= 0.3 is 0 Å². The van der Waals surface area contributed by atoms with Crippen molar-refractivity contribution in [3.8, 4) is 0 Å². The highest BCUT2D eigenvalue weighted by atomic mass is 16.6. The van der Waals surface area contributed by atoms with Gasteiger partial charge in [-0.15, -0.1) is 0 Å². The molecule has 3 heteroatoms. The molecule has 0 aliphatic carbocycles. The first-order chi connectivity index (χ1) is 9.77. The summed E-state index contributed by atoms with van der Waals surface area (Å²) < 4.78 is 0. The first kappa shape index (κ1) is 12.6. The Morgan fingerprint density at radius 1 is 1.00 bits per heavy atom. The fourth-order valence-corrected chi connectivity index (χ4v) is 2.48.